The summed E-state index contributed by atoms with van der Waals surface area (Å²) in [7, 11) is 3.11. The van der Waals surface area contributed by atoms with Gasteiger partial charge in [0.15, 0.2) is 12.5 Å². The molecule has 8 heteroatoms. The van der Waals surface area contributed by atoms with Crippen molar-refractivity contribution >= 4 is 33.6 Å². The van der Waals surface area contributed by atoms with Crippen LogP contribution in [0, 0.1) is 3.57 Å². The molecule has 0 saturated carbocycles. The van der Waals surface area contributed by atoms with Crippen LogP contribution in [0.25, 0.3) is 11.0 Å². The highest BCUT2D eigenvalue weighted by atomic mass is 127. The summed E-state index contributed by atoms with van der Waals surface area (Å²) in [6.45, 7) is 4.49. The molecule has 0 atom stereocenters. The molecular formula is C30H29IO7. The lowest BCUT2D eigenvalue weighted by Crippen LogP contribution is -2.09. The van der Waals surface area contributed by atoms with Gasteiger partial charge in [-0.1, -0.05) is 48.0 Å². The van der Waals surface area contributed by atoms with E-state index in [0.29, 0.717) is 50.7 Å². The molecule has 4 aromatic rings. The lowest BCUT2D eigenvalue weighted by molar-refractivity contribution is 0.0504. The van der Waals surface area contributed by atoms with Crippen LogP contribution in [0.15, 0.2) is 81.5 Å². The summed E-state index contributed by atoms with van der Waals surface area (Å²) >= 11 is 1.94. The zero-order valence-corrected chi connectivity index (χ0v) is 23.9. The molecule has 0 aliphatic carbocycles. The highest BCUT2D eigenvalue weighted by Gasteiger charge is 2.24. The van der Waals surface area contributed by atoms with Crippen molar-refractivity contribution in [1.29, 1.82) is 0 Å². The van der Waals surface area contributed by atoms with Gasteiger partial charge < -0.3 is 28.1 Å². The van der Waals surface area contributed by atoms with Crippen LogP contribution in [-0.2, 0) is 17.8 Å². The summed E-state index contributed by atoms with van der Waals surface area (Å²) in [6.07, 6.45) is 2.61. The van der Waals surface area contributed by atoms with Crippen molar-refractivity contribution in [3.05, 3.63) is 97.4 Å². The van der Waals surface area contributed by atoms with E-state index >= 15 is 0 Å². The topological polar surface area (TPSA) is 76.4 Å². The van der Waals surface area contributed by atoms with E-state index in [1.54, 1.807) is 32.4 Å². The molecule has 3 aromatic carbocycles. The van der Waals surface area contributed by atoms with Crippen LogP contribution in [0.1, 0.15) is 25.0 Å². The SMILES string of the molecule is COCOc1cc2oc(=O)c(I)c(Oc3cccc(OCc4ccccc4)c3)c2c(OC)c1CC=C(C)C. The monoisotopic (exact) mass is 628 g/mol. The largest absolute Gasteiger partial charge is 0.495 e. The molecular weight excluding hydrogens is 599 g/mol. The van der Waals surface area contributed by atoms with E-state index in [1.807, 2.05) is 78.9 Å². The highest BCUT2D eigenvalue weighted by molar-refractivity contribution is 14.1. The number of fused-ring (bicyclic) bond motifs is 1. The van der Waals surface area contributed by atoms with Crippen molar-refractivity contribution in [2.45, 2.75) is 26.9 Å². The lowest BCUT2D eigenvalue weighted by atomic mass is 10.0. The maximum atomic E-state index is 12.8. The number of benzene rings is 3. The fourth-order valence-electron chi connectivity index (χ4n) is 3.85. The Hall–Kier alpha value is -3.50. The van der Waals surface area contributed by atoms with Gasteiger partial charge in [0.2, 0.25) is 0 Å². The van der Waals surface area contributed by atoms with E-state index in [9.17, 15) is 4.79 Å². The van der Waals surface area contributed by atoms with Gasteiger partial charge in [-0.15, -0.1) is 0 Å². The maximum Gasteiger partial charge on any atom is 0.353 e. The minimum absolute atomic E-state index is 0.0320. The second-order valence-corrected chi connectivity index (χ2v) is 9.76. The van der Waals surface area contributed by atoms with Crippen LogP contribution in [0.3, 0.4) is 0 Å². The molecule has 0 fully saturated rings. The van der Waals surface area contributed by atoms with E-state index in [1.165, 1.54) is 0 Å². The predicted molar refractivity (Wildman–Crippen MR) is 155 cm³/mol. The summed E-state index contributed by atoms with van der Waals surface area (Å²) in [6, 6.07) is 18.9. The highest BCUT2D eigenvalue weighted by Crippen LogP contribution is 2.44. The maximum absolute atomic E-state index is 12.8. The first-order valence-electron chi connectivity index (χ1n) is 12.0. The Kier molecular flexibility index (Phi) is 9.30. The standard InChI is InChI=1S/C30H29IO7/c1-19(2)13-14-23-24(36-18-33-3)16-25-26(28(23)34-4)29(27(31)30(32)38-25)37-22-12-8-11-21(15-22)35-17-20-9-6-5-7-10-20/h5-13,15-16H,14,17-18H2,1-4H3. The molecule has 0 saturated heterocycles. The van der Waals surface area contributed by atoms with Crippen molar-refractivity contribution in [1.82, 2.24) is 0 Å². The molecule has 0 amide bonds. The summed E-state index contributed by atoms with van der Waals surface area (Å²) in [4.78, 5) is 12.8. The normalized spacial score (nSPS) is 10.8. The predicted octanol–water partition coefficient (Wildman–Crippen LogP) is 7.27. The molecule has 0 aliphatic heterocycles. The molecule has 198 valence electrons. The van der Waals surface area contributed by atoms with Crippen molar-refractivity contribution in [3.63, 3.8) is 0 Å². The Morgan fingerprint density at radius 3 is 2.42 bits per heavy atom. The first-order chi connectivity index (χ1) is 18.4. The molecule has 1 aromatic heterocycles. The summed E-state index contributed by atoms with van der Waals surface area (Å²) in [5.74, 6) is 2.48. The van der Waals surface area contributed by atoms with Crippen LogP contribution in [0.5, 0.6) is 28.7 Å². The van der Waals surface area contributed by atoms with Crippen LogP contribution in [-0.4, -0.2) is 21.0 Å². The smallest absolute Gasteiger partial charge is 0.353 e. The second-order valence-electron chi connectivity index (χ2n) is 8.68. The summed E-state index contributed by atoms with van der Waals surface area (Å²) < 4.78 is 35.0. The number of allylic oxidation sites excluding steroid dienone is 2. The summed E-state index contributed by atoms with van der Waals surface area (Å²) in [5, 5.41) is 0.536. The second kappa shape index (κ2) is 12.8. The van der Waals surface area contributed by atoms with Crippen LogP contribution >= 0.6 is 22.6 Å². The van der Waals surface area contributed by atoms with Crippen LogP contribution in [0.4, 0.5) is 0 Å². The average Bonchev–Trinajstić information content (AvgIpc) is 2.92. The number of hydrogen-bond acceptors (Lipinski definition) is 7. The number of methoxy groups -OCH3 is 2. The third-order valence-corrected chi connectivity index (χ3v) is 6.57. The Morgan fingerprint density at radius 2 is 1.71 bits per heavy atom. The molecule has 4 rings (SSSR count). The lowest BCUT2D eigenvalue weighted by Gasteiger charge is -2.18. The van der Waals surface area contributed by atoms with Crippen molar-refractivity contribution in [3.8, 4) is 28.7 Å². The van der Waals surface area contributed by atoms with E-state index in [0.717, 1.165) is 16.7 Å². The zero-order valence-electron chi connectivity index (χ0n) is 21.7. The number of halogens is 1. The van der Waals surface area contributed by atoms with Gasteiger partial charge in [-0.05, 0) is 60.6 Å². The van der Waals surface area contributed by atoms with Gasteiger partial charge >= 0.3 is 5.63 Å². The summed E-state index contributed by atoms with van der Waals surface area (Å²) in [5.41, 5.74) is 2.74. The molecule has 7 nitrogen and oxygen atoms in total. The third kappa shape index (κ3) is 6.49. The Bertz CT molecular complexity index is 1490. The van der Waals surface area contributed by atoms with Crippen molar-refractivity contribution < 1.29 is 28.1 Å². The van der Waals surface area contributed by atoms with Gasteiger partial charge in [0, 0.05) is 24.8 Å². The molecule has 0 N–H and O–H groups in total. The Balaban J connectivity index is 1.79. The first kappa shape index (κ1) is 27.5. The van der Waals surface area contributed by atoms with Gasteiger partial charge in [0.25, 0.3) is 0 Å². The third-order valence-electron chi connectivity index (χ3n) is 5.64. The molecule has 0 unspecified atom stereocenters. The van der Waals surface area contributed by atoms with Crippen LogP contribution < -0.4 is 24.6 Å². The number of ether oxygens (including phenoxy) is 5. The Labute approximate surface area is 235 Å². The average molecular weight is 628 g/mol. The quantitative estimate of drug-likeness (QED) is 0.0749. The van der Waals surface area contributed by atoms with E-state index < -0.39 is 5.63 Å². The van der Waals surface area contributed by atoms with E-state index in [4.69, 9.17) is 28.1 Å². The minimum atomic E-state index is -0.527. The van der Waals surface area contributed by atoms with E-state index in [2.05, 4.69) is 6.08 Å². The fraction of sp³-hybridized carbons (Fsp3) is 0.233. The van der Waals surface area contributed by atoms with Gasteiger partial charge in [-0.2, -0.15) is 0 Å². The molecule has 38 heavy (non-hydrogen) atoms. The molecule has 0 aliphatic rings. The van der Waals surface area contributed by atoms with Gasteiger partial charge in [0.1, 0.15) is 44.1 Å². The first-order valence-corrected chi connectivity index (χ1v) is 13.0. The van der Waals surface area contributed by atoms with Gasteiger partial charge in [-0.3, -0.25) is 0 Å². The fourth-order valence-corrected chi connectivity index (χ4v) is 4.34. The molecule has 0 radical (unpaired) electrons. The zero-order chi connectivity index (χ0) is 27.1. The Morgan fingerprint density at radius 1 is 0.947 bits per heavy atom. The number of rotatable bonds is 11. The number of hydrogen-bond donors (Lipinski definition) is 0. The van der Waals surface area contributed by atoms with Gasteiger partial charge in [0.05, 0.1) is 7.11 Å². The molecule has 0 spiro atoms. The minimum Gasteiger partial charge on any atom is -0.495 e. The van der Waals surface area contributed by atoms with E-state index in [-0.39, 0.29) is 12.4 Å². The van der Waals surface area contributed by atoms with Crippen molar-refractivity contribution in [2.24, 2.45) is 0 Å². The van der Waals surface area contributed by atoms with Crippen LogP contribution in [0.2, 0.25) is 0 Å². The van der Waals surface area contributed by atoms with Crippen molar-refractivity contribution in [2.75, 3.05) is 21.0 Å². The van der Waals surface area contributed by atoms with Gasteiger partial charge in [-0.25, -0.2) is 4.79 Å². The molecule has 1 heterocycles. The molecule has 0 bridgehead atoms.